The second-order valence-corrected chi connectivity index (χ2v) is 6.15. The van der Waals surface area contributed by atoms with Crippen molar-refractivity contribution in [3.63, 3.8) is 0 Å². The summed E-state index contributed by atoms with van der Waals surface area (Å²) in [5.74, 6) is 0.514. The van der Waals surface area contributed by atoms with Crippen LogP contribution >= 0.6 is 0 Å². The molecule has 1 aliphatic rings. The van der Waals surface area contributed by atoms with Crippen molar-refractivity contribution in [1.82, 2.24) is 5.32 Å². The SMILES string of the molecule is CC(C)CCC[C@H]1CC[C@@H](C(=O)NCC(=O)O)CC1. The molecule has 0 aliphatic heterocycles. The molecule has 4 heteroatoms. The molecule has 4 nitrogen and oxygen atoms in total. The van der Waals surface area contributed by atoms with Crippen molar-refractivity contribution in [2.45, 2.75) is 58.8 Å². The predicted molar refractivity (Wildman–Crippen MR) is 74.8 cm³/mol. The molecule has 1 aliphatic carbocycles. The Bertz CT molecular complexity index is 294. The number of rotatable bonds is 7. The Morgan fingerprint density at radius 2 is 1.84 bits per heavy atom. The molecule has 0 bridgehead atoms. The smallest absolute Gasteiger partial charge is 0.322 e. The molecule has 0 unspecified atom stereocenters. The lowest BCUT2D eigenvalue weighted by Gasteiger charge is -2.27. The number of hydrogen-bond donors (Lipinski definition) is 2. The largest absolute Gasteiger partial charge is 0.480 e. The molecule has 1 saturated carbocycles. The third-order valence-corrected chi connectivity index (χ3v) is 4.03. The zero-order valence-electron chi connectivity index (χ0n) is 12.2. The van der Waals surface area contributed by atoms with Crippen LogP contribution in [0, 0.1) is 17.8 Å². The Hall–Kier alpha value is -1.06. The van der Waals surface area contributed by atoms with Crippen molar-refractivity contribution < 1.29 is 14.7 Å². The lowest BCUT2D eigenvalue weighted by Crippen LogP contribution is -2.36. The van der Waals surface area contributed by atoms with Gasteiger partial charge in [-0.25, -0.2) is 0 Å². The summed E-state index contributed by atoms with van der Waals surface area (Å²) in [6.45, 7) is 4.25. The van der Waals surface area contributed by atoms with Crippen LogP contribution in [-0.2, 0) is 9.59 Å². The molecule has 0 aromatic heterocycles. The normalized spacial score (nSPS) is 23.3. The maximum atomic E-state index is 11.7. The highest BCUT2D eigenvalue weighted by Crippen LogP contribution is 2.32. The van der Waals surface area contributed by atoms with E-state index in [9.17, 15) is 9.59 Å². The van der Waals surface area contributed by atoms with Gasteiger partial charge in [-0.05, 0) is 37.5 Å². The topological polar surface area (TPSA) is 66.4 Å². The van der Waals surface area contributed by atoms with Crippen LogP contribution in [-0.4, -0.2) is 23.5 Å². The maximum absolute atomic E-state index is 11.7. The Morgan fingerprint density at radius 3 is 2.37 bits per heavy atom. The first-order valence-electron chi connectivity index (χ1n) is 7.48. The van der Waals surface area contributed by atoms with E-state index in [0.29, 0.717) is 0 Å². The van der Waals surface area contributed by atoms with Crippen LogP contribution in [0.15, 0.2) is 0 Å². The Kier molecular flexibility index (Phi) is 6.89. The lowest BCUT2D eigenvalue weighted by atomic mass is 9.79. The molecule has 0 atom stereocenters. The molecule has 1 rings (SSSR count). The van der Waals surface area contributed by atoms with Crippen molar-refractivity contribution >= 4 is 11.9 Å². The van der Waals surface area contributed by atoms with Gasteiger partial charge in [0.1, 0.15) is 6.54 Å². The standard InChI is InChI=1S/C15H27NO3/c1-11(2)4-3-5-12-6-8-13(9-7-12)15(19)16-10-14(17)18/h11-13H,3-10H2,1-2H3,(H,16,19)(H,17,18)/t12-,13+. The summed E-state index contributed by atoms with van der Waals surface area (Å²) in [5.41, 5.74) is 0. The molecule has 2 N–H and O–H groups in total. The fourth-order valence-corrected chi connectivity index (χ4v) is 2.84. The highest BCUT2D eigenvalue weighted by Gasteiger charge is 2.26. The van der Waals surface area contributed by atoms with E-state index < -0.39 is 5.97 Å². The number of nitrogens with one attached hydrogen (secondary N) is 1. The van der Waals surface area contributed by atoms with Gasteiger partial charge in [-0.1, -0.05) is 33.1 Å². The van der Waals surface area contributed by atoms with Gasteiger partial charge >= 0.3 is 5.97 Å². The average Bonchev–Trinajstić information content (AvgIpc) is 2.36. The molecular formula is C15H27NO3. The van der Waals surface area contributed by atoms with Crippen LogP contribution in [0.2, 0.25) is 0 Å². The Labute approximate surface area is 116 Å². The van der Waals surface area contributed by atoms with E-state index in [1.54, 1.807) is 0 Å². The molecule has 0 aromatic carbocycles. The number of aliphatic carboxylic acids is 1. The summed E-state index contributed by atoms with van der Waals surface area (Å²) < 4.78 is 0. The number of carbonyl (C=O) groups is 2. The van der Waals surface area contributed by atoms with E-state index in [1.807, 2.05) is 0 Å². The van der Waals surface area contributed by atoms with E-state index in [2.05, 4.69) is 19.2 Å². The van der Waals surface area contributed by atoms with Gasteiger partial charge in [0.2, 0.25) is 5.91 Å². The van der Waals surface area contributed by atoms with Gasteiger partial charge in [-0.3, -0.25) is 9.59 Å². The molecular weight excluding hydrogens is 242 g/mol. The molecule has 0 aromatic rings. The first-order chi connectivity index (χ1) is 8.99. The highest BCUT2D eigenvalue weighted by atomic mass is 16.4. The summed E-state index contributed by atoms with van der Waals surface area (Å²) in [5, 5.41) is 11.0. The van der Waals surface area contributed by atoms with Crippen LogP contribution in [0.25, 0.3) is 0 Å². The van der Waals surface area contributed by atoms with Crippen LogP contribution in [0.5, 0.6) is 0 Å². The number of hydrogen-bond acceptors (Lipinski definition) is 2. The van der Waals surface area contributed by atoms with Crippen molar-refractivity contribution in [2.24, 2.45) is 17.8 Å². The lowest BCUT2D eigenvalue weighted by molar-refractivity contribution is -0.138. The van der Waals surface area contributed by atoms with Crippen LogP contribution in [0.4, 0.5) is 0 Å². The summed E-state index contributed by atoms with van der Waals surface area (Å²) in [6.07, 6.45) is 7.92. The van der Waals surface area contributed by atoms with Gasteiger partial charge in [0.05, 0.1) is 0 Å². The number of carbonyl (C=O) groups excluding carboxylic acids is 1. The van der Waals surface area contributed by atoms with E-state index >= 15 is 0 Å². The summed E-state index contributed by atoms with van der Waals surface area (Å²) in [4.78, 5) is 22.1. The van der Waals surface area contributed by atoms with Gasteiger partial charge in [-0.2, -0.15) is 0 Å². The molecule has 1 amide bonds. The molecule has 110 valence electrons. The van der Waals surface area contributed by atoms with Gasteiger partial charge < -0.3 is 10.4 Å². The molecule has 19 heavy (non-hydrogen) atoms. The van der Waals surface area contributed by atoms with Gasteiger partial charge in [0.15, 0.2) is 0 Å². The zero-order chi connectivity index (χ0) is 14.3. The first-order valence-corrected chi connectivity index (χ1v) is 7.48. The van der Waals surface area contributed by atoms with Crippen molar-refractivity contribution in [3.8, 4) is 0 Å². The quantitative estimate of drug-likeness (QED) is 0.747. The average molecular weight is 269 g/mol. The van der Waals surface area contributed by atoms with E-state index in [0.717, 1.165) is 37.5 Å². The van der Waals surface area contributed by atoms with Crippen LogP contribution in [0.1, 0.15) is 58.8 Å². The van der Waals surface area contributed by atoms with Crippen LogP contribution < -0.4 is 5.32 Å². The number of carboxylic acid groups (broad SMARTS) is 1. The third kappa shape index (κ3) is 6.60. The highest BCUT2D eigenvalue weighted by molar-refractivity contribution is 5.82. The second kappa shape index (κ2) is 8.18. The Balaban J connectivity index is 2.17. The summed E-state index contributed by atoms with van der Waals surface area (Å²) >= 11 is 0. The minimum atomic E-state index is -0.976. The van der Waals surface area contributed by atoms with E-state index in [4.69, 9.17) is 5.11 Å². The molecule has 0 spiro atoms. The molecule has 0 saturated heterocycles. The van der Waals surface area contributed by atoms with Crippen molar-refractivity contribution in [2.75, 3.05) is 6.54 Å². The Morgan fingerprint density at radius 1 is 1.21 bits per heavy atom. The van der Waals surface area contributed by atoms with E-state index in [-0.39, 0.29) is 18.4 Å². The number of amides is 1. The van der Waals surface area contributed by atoms with Gasteiger partial charge in [0, 0.05) is 5.92 Å². The second-order valence-electron chi connectivity index (χ2n) is 6.15. The molecule has 1 fully saturated rings. The molecule has 0 heterocycles. The first kappa shape index (κ1) is 16.0. The van der Waals surface area contributed by atoms with E-state index in [1.165, 1.54) is 19.3 Å². The number of carboxylic acids is 1. The summed E-state index contributed by atoms with van der Waals surface area (Å²) in [7, 11) is 0. The third-order valence-electron chi connectivity index (χ3n) is 4.03. The van der Waals surface area contributed by atoms with Gasteiger partial charge in [0.25, 0.3) is 0 Å². The summed E-state index contributed by atoms with van der Waals surface area (Å²) in [6, 6.07) is 0. The van der Waals surface area contributed by atoms with Crippen molar-refractivity contribution in [3.05, 3.63) is 0 Å². The minimum Gasteiger partial charge on any atom is -0.480 e. The zero-order valence-corrected chi connectivity index (χ0v) is 12.2. The fourth-order valence-electron chi connectivity index (χ4n) is 2.84. The predicted octanol–water partition coefficient (Wildman–Crippen LogP) is 2.82. The fraction of sp³-hybridized carbons (Fsp3) is 0.867. The maximum Gasteiger partial charge on any atom is 0.322 e. The van der Waals surface area contributed by atoms with Crippen LogP contribution in [0.3, 0.4) is 0 Å². The van der Waals surface area contributed by atoms with Gasteiger partial charge in [-0.15, -0.1) is 0 Å². The monoisotopic (exact) mass is 269 g/mol. The molecule has 0 radical (unpaired) electrons. The minimum absolute atomic E-state index is 0.0284. The van der Waals surface area contributed by atoms with Crippen molar-refractivity contribution in [1.29, 1.82) is 0 Å².